The van der Waals surface area contributed by atoms with Crippen molar-refractivity contribution in [2.45, 2.75) is 13.8 Å². The normalized spacial score (nSPS) is 10.0. The molecule has 1 N–H and O–H groups in total. The smallest absolute Gasteiger partial charge is 0.256 e. The zero-order valence-corrected chi connectivity index (χ0v) is 13.4. The van der Waals surface area contributed by atoms with E-state index in [1.165, 1.54) is 11.3 Å². The fraction of sp³-hybridized carbons (Fsp3) is 0.143. The largest absolute Gasteiger partial charge is 0.312 e. The van der Waals surface area contributed by atoms with Gasteiger partial charge in [-0.2, -0.15) is 5.26 Å². The van der Waals surface area contributed by atoms with Crippen molar-refractivity contribution >= 4 is 44.8 Å². The van der Waals surface area contributed by atoms with Gasteiger partial charge in [0.15, 0.2) is 0 Å². The lowest BCUT2D eigenvalue weighted by atomic mass is 10.2. The molecule has 1 heterocycles. The average Bonchev–Trinajstić information content (AvgIpc) is 2.65. The van der Waals surface area contributed by atoms with Gasteiger partial charge in [-0.25, -0.2) is 0 Å². The maximum absolute atomic E-state index is 12.1. The van der Waals surface area contributed by atoms with Crippen molar-refractivity contribution in [2.75, 3.05) is 5.32 Å². The van der Waals surface area contributed by atoms with Crippen molar-refractivity contribution in [3.05, 3.63) is 49.4 Å². The van der Waals surface area contributed by atoms with Gasteiger partial charge in [-0.3, -0.25) is 4.79 Å². The van der Waals surface area contributed by atoms with Crippen LogP contribution in [0.2, 0.25) is 0 Å². The van der Waals surface area contributed by atoms with Crippen molar-refractivity contribution < 1.29 is 4.79 Å². The van der Waals surface area contributed by atoms with Gasteiger partial charge in [0.2, 0.25) is 0 Å². The number of halogens is 1. The van der Waals surface area contributed by atoms with Crippen LogP contribution in [0.5, 0.6) is 0 Å². The van der Waals surface area contributed by atoms with Gasteiger partial charge < -0.3 is 5.32 Å². The minimum atomic E-state index is -0.186. The molecule has 0 atom stereocenters. The summed E-state index contributed by atoms with van der Waals surface area (Å²) < 4.78 is 1.08. The molecule has 0 saturated heterocycles. The van der Waals surface area contributed by atoms with Crippen LogP contribution in [0.4, 0.5) is 5.00 Å². The lowest BCUT2D eigenvalue weighted by Crippen LogP contribution is -2.11. The Bertz CT molecular complexity index is 668. The third-order valence-electron chi connectivity index (χ3n) is 2.83. The van der Waals surface area contributed by atoms with Crippen LogP contribution < -0.4 is 5.32 Å². The molecule has 0 aliphatic heterocycles. The summed E-state index contributed by atoms with van der Waals surface area (Å²) in [7, 11) is 0. The van der Waals surface area contributed by atoms with Gasteiger partial charge in [-0.1, -0.05) is 0 Å². The zero-order chi connectivity index (χ0) is 14.0. The van der Waals surface area contributed by atoms with Gasteiger partial charge in [0.25, 0.3) is 5.91 Å². The van der Waals surface area contributed by atoms with Crippen LogP contribution in [0.25, 0.3) is 0 Å². The van der Waals surface area contributed by atoms with E-state index < -0.39 is 0 Å². The van der Waals surface area contributed by atoms with Crippen molar-refractivity contribution in [2.24, 2.45) is 0 Å². The van der Waals surface area contributed by atoms with E-state index in [2.05, 4.69) is 34.0 Å². The molecule has 2 aromatic rings. The maximum atomic E-state index is 12.1. The second-order valence-electron chi connectivity index (χ2n) is 4.06. The molecule has 1 aromatic carbocycles. The van der Waals surface area contributed by atoms with Gasteiger partial charge >= 0.3 is 0 Å². The standard InChI is InChI=1S/C14H11IN2OS/c1-8-9(2)19-14(12(8)7-16)17-13(18)10-3-5-11(15)6-4-10/h3-6H,1-2H3,(H,17,18). The minimum absolute atomic E-state index is 0.186. The fourth-order valence-corrected chi connectivity index (χ4v) is 2.99. The number of hydrogen-bond acceptors (Lipinski definition) is 3. The van der Waals surface area contributed by atoms with E-state index >= 15 is 0 Å². The molecular weight excluding hydrogens is 371 g/mol. The van der Waals surface area contributed by atoms with Crippen LogP contribution in [0, 0.1) is 28.7 Å². The molecule has 3 nitrogen and oxygen atoms in total. The van der Waals surface area contributed by atoms with E-state index in [-0.39, 0.29) is 5.91 Å². The molecule has 96 valence electrons. The molecule has 0 fully saturated rings. The monoisotopic (exact) mass is 382 g/mol. The Morgan fingerprint density at radius 3 is 2.53 bits per heavy atom. The first-order valence-corrected chi connectivity index (χ1v) is 7.49. The number of carbonyl (C=O) groups is 1. The second-order valence-corrected chi connectivity index (χ2v) is 6.53. The summed E-state index contributed by atoms with van der Waals surface area (Å²) >= 11 is 3.63. The van der Waals surface area contributed by atoms with Gasteiger partial charge in [-0.05, 0) is 66.3 Å². The van der Waals surface area contributed by atoms with Crippen LogP contribution in [0.15, 0.2) is 24.3 Å². The van der Waals surface area contributed by atoms with Crippen LogP contribution in [0.1, 0.15) is 26.4 Å². The summed E-state index contributed by atoms with van der Waals surface area (Å²) in [5.74, 6) is -0.186. The Kier molecular flexibility index (Phi) is 4.22. The topological polar surface area (TPSA) is 52.9 Å². The van der Waals surface area contributed by atoms with Crippen molar-refractivity contribution in [1.82, 2.24) is 0 Å². The summed E-state index contributed by atoms with van der Waals surface area (Å²) in [5, 5.41) is 12.6. The van der Waals surface area contributed by atoms with Crippen molar-refractivity contribution in [3.8, 4) is 6.07 Å². The molecule has 1 aromatic heterocycles. The Hall–Kier alpha value is -1.39. The second kappa shape index (κ2) is 5.72. The third-order valence-corrected chi connectivity index (χ3v) is 4.67. The Balaban J connectivity index is 2.27. The number of aryl methyl sites for hydroxylation is 1. The summed E-state index contributed by atoms with van der Waals surface area (Å²) in [4.78, 5) is 13.1. The lowest BCUT2D eigenvalue weighted by Gasteiger charge is -2.03. The molecule has 0 saturated carbocycles. The number of nitrogens with one attached hydrogen (secondary N) is 1. The number of hydrogen-bond donors (Lipinski definition) is 1. The van der Waals surface area contributed by atoms with Gasteiger partial charge in [0.1, 0.15) is 11.1 Å². The summed E-state index contributed by atoms with van der Waals surface area (Å²) in [5.41, 5.74) is 2.08. The van der Waals surface area contributed by atoms with Gasteiger partial charge in [0, 0.05) is 14.0 Å². The first kappa shape index (κ1) is 14.0. The number of amides is 1. The minimum Gasteiger partial charge on any atom is -0.312 e. The van der Waals surface area contributed by atoms with Crippen molar-refractivity contribution in [3.63, 3.8) is 0 Å². The van der Waals surface area contributed by atoms with Crippen LogP contribution in [-0.4, -0.2) is 5.91 Å². The molecule has 0 bridgehead atoms. The molecule has 1 amide bonds. The predicted octanol–water partition coefficient (Wildman–Crippen LogP) is 4.09. The van der Waals surface area contributed by atoms with Crippen LogP contribution >= 0.6 is 33.9 Å². The highest BCUT2D eigenvalue weighted by molar-refractivity contribution is 14.1. The molecule has 0 radical (unpaired) electrons. The average molecular weight is 382 g/mol. The molecule has 0 aliphatic rings. The number of carbonyl (C=O) groups excluding carboxylic acids is 1. The van der Waals surface area contributed by atoms with E-state index in [9.17, 15) is 4.79 Å². The van der Waals surface area contributed by atoms with E-state index in [1.807, 2.05) is 26.0 Å². The lowest BCUT2D eigenvalue weighted by molar-refractivity contribution is 0.102. The predicted molar refractivity (Wildman–Crippen MR) is 85.6 cm³/mol. The van der Waals surface area contributed by atoms with E-state index in [4.69, 9.17) is 5.26 Å². The number of nitriles is 1. The maximum Gasteiger partial charge on any atom is 0.256 e. The Morgan fingerprint density at radius 1 is 1.32 bits per heavy atom. The molecule has 19 heavy (non-hydrogen) atoms. The number of benzene rings is 1. The fourth-order valence-electron chi connectivity index (χ4n) is 1.63. The first-order valence-electron chi connectivity index (χ1n) is 5.60. The molecule has 0 aliphatic carbocycles. The van der Waals surface area contributed by atoms with E-state index in [0.717, 1.165) is 14.0 Å². The summed E-state index contributed by atoms with van der Waals surface area (Å²) in [6.45, 7) is 3.84. The first-order chi connectivity index (χ1) is 9.02. The molecule has 2 rings (SSSR count). The molecule has 0 spiro atoms. The Morgan fingerprint density at radius 2 is 1.95 bits per heavy atom. The number of nitrogens with zero attached hydrogens (tertiary/aromatic N) is 1. The molecule has 5 heteroatoms. The summed E-state index contributed by atoms with van der Waals surface area (Å²) in [6.07, 6.45) is 0. The highest BCUT2D eigenvalue weighted by atomic mass is 127. The SMILES string of the molecule is Cc1sc(NC(=O)c2ccc(I)cc2)c(C#N)c1C. The number of anilines is 1. The van der Waals surface area contributed by atoms with Gasteiger partial charge in [0.05, 0.1) is 5.56 Å². The van der Waals surface area contributed by atoms with Crippen LogP contribution in [0.3, 0.4) is 0 Å². The van der Waals surface area contributed by atoms with Gasteiger partial charge in [-0.15, -0.1) is 11.3 Å². The Labute approximate surface area is 129 Å². The quantitative estimate of drug-likeness (QED) is 0.796. The van der Waals surface area contributed by atoms with Crippen molar-refractivity contribution in [1.29, 1.82) is 5.26 Å². The zero-order valence-electron chi connectivity index (χ0n) is 10.5. The number of rotatable bonds is 2. The van der Waals surface area contributed by atoms with Crippen LogP contribution in [-0.2, 0) is 0 Å². The highest BCUT2D eigenvalue weighted by Crippen LogP contribution is 2.31. The molecule has 0 unspecified atom stereocenters. The van der Waals surface area contributed by atoms with E-state index in [0.29, 0.717) is 16.1 Å². The van der Waals surface area contributed by atoms with E-state index in [1.54, 1.807) is 12.1 Å². The highest BCUT2D eigenvalue weighted by Gasteiger charge is 2.15. The molecular formula is C14H11IN2OS. The summed E-state index contributed by atoms with van der Waals surface area (Å²) in [6, 6.07) is 9.45. The number of thiophene rings is 1. The third kappa shape index (κ3) is 2.96.